The molecule has 0 aliphatic rings. The van der Waals surface area contributed by atoms with Crippen molar-refractivity contribution < 1.29 is 9.90 Å². The number of aliphatic hydroxyl groups is 1. The Balaban J connectivity index is 2.05. The average molecular weight is 332 g/mol. The van der Waals surface area contributed by atoms with Crippen molar-refractivity contribution in [3.63, 3.8) is 0 Å². The third-order valence-electron chi connectivity index (χ3n) is 3.36. The number of nitrogens with one attached hydrogen (secondary N) is 1. The lowest BCUT2D eigenvalue weighted by Gasteiger charge is -2.09. The van der Waals surface area contributed by atoms with Crippen LogP contribution in [0.25, 0.3) is 22.5 Å². The fourth-order valence-electron chi connectivity index (χ4n) is 2.30. The summed E-state index contributed by atoms with van der Waals surface area (Å²) in [5.74, 6) is -0.552. The van der Waals surface area contributed by atoms with Crippen molar-refractivity contribution in [3.8, 4) is 22.5 Å². The molecule has 124 valence electrons. The molecule has 3 aromatic rings. The number of carbonyl (C=O) groups excluding carboxylic acids is 1. The molecule has 0 radical (unpaired) electrons. The number of aliphatic hydroxyl groups excluding tert-OH is 1. The Morgan fingerprint density at radius 1 is 0.920 bits per heavy atom. The first-order valence-electron chi connectivity index (χ1n) is 7.67. The number of benzene rings is 2. The number of rotatable bonds is 4. The summed E-state index contributed by atoms with van der Waals surface area (Å²) in [6.45, 7) is 1.41. The van der Waals surface area contributed by atoms with Crippen LogP contribution in [0.2, 0.25) is 0 Å². The zero-order valence-corrected chi connectivity index (χ0v) is 13.5. The SMILES string of the molecule is CC(O)=CC(=O)Nc1nnc(-c2ccccc2)c(-c2ccccc2)n1. The predicted octanol–water partition coefficient (Wildman–Crippen LogP) is 3.61. The van der Waals surface area contributed by atoms with Crippen LogP contribution < -0.4 is 5.32 Å². The molecule has 1 heterocycles. The van der Waals surface area contributed by atoms with Crippen LogP contribution >= 0.6 is 0 Å². The Hall–Kier alpha value is -3.54. The number of nitrogens with zero attached hydrogens (tertiary/aromatic N) is 3. The van der Waals surface area contributed by atoms with Crippen molar-refractivity contribution in [1.29, 1.82) is 0 Å². The van der Waals surface area contributed by atoms with Crippen molar-refractivity contribution in [2.75, 3.05) is 5.32 Å². The average Bonchev–Trinajstić information content (AvgIpc) is 2.62. The monoisotopic (exact) mass is 332 g/mol. The van der Waals surface area contributed by atoms with Gasteiger partial charge in [0.2, 0.25) is 5.95 Å². The summed E-state index contributed by atoms with van der Waals surface area (Å²) in [5, 5.41) is 19.9. The lowest BCUT2D eigenvalue weighted by atomic mass is 10.0. The Kier molecular flexibility index (Phi) is 4.80. The van der Waals surface area contributed by atoms with E-state index in [1.54, 1.807) is 0 Å². The van der Waals surface area contributed by atoms with Crippen LogP contribution in [0, 0.1) is 0 Å². The van der Waals surface area contributed by atoms with E-state index in [2.05, 4.69) is 20.5 Å². The third kappa shape index (κ3) is 4.06. The van der Waals surface area contributed by atoms with Gasteiger partial charge in [-0.1, -0.05) is 60.7 Å². The van der Waals surface area contributed by atoms with Gasteiger partial charge in [-0.3, -0.25) is 10.1 Å². The molecule has 1 amide bonds. The van der Waals surface area contributed by atoms with E-state index in [0.717, 1.165) is 17.2 Å². The van der Waals surface area contributed by atoms with Crippen molar-refractivity contribution in [2.45, 2.75) is 6.92 Å². The molecule has 0 saturated heterocycles. The van der Waals surface area contributed by atoms with Gasteiger partial charge < -0.3 is 5.11 Å². The molecule has 0 saturated carbocycles. The highest BCUT2D eigenvalue weighted by Gasteiger charge is 2.14. The Morgan fingerprint density at radius 2 is 1.48 bits per heavy atom. The molecule has 25 heavy (non-hydrogen) atoms. The molecule has 6 heteroatoms. The molecule has 0 bridgehead atoms. The van der Waals surface area contributed by atoms with Gasteiger partial charge in [0, 0.05) is 17.2 Å². The molecule has 0 fully saturated rings. The lowest BCUT2D eigenvalue weighted by molar-refractivity contribution is -0.112. The maximum Gasteiger partial charge on any atom is 0.254 e. The van der Waals surface area contributed by atoms with E-state index in [0.29, 0.717) is 11.4 Å². The van der Waals surface area contributed by atoms with Gasteiger partial charge in [0.25, 0.3) is 5.91 Å². The van der Waals surface area contributed by atoms with Gasteiger partial charge in [0.1, 0.15) is 11.4 Å². The van der Waals surface area contributed by atoms with E-state index < -0.39 is 5.91 Å². The number of hydrogen-bond acceptors (Lipinski definition) is 5. The highest BCUT2D eigenvalue weighted by atomic mass is 16.3. The van der Waals surface area contributed by atoms with Crippen molar-refractivity contribution in [3.05, 3.63) is 72.5 Å². The molecule has 3 rings (SSSR count). The fraction of sp³-hybridized carbons (Fsp3) is 0.0526. The summed E-state index contributed by atoms with van der Waals surface area (Å²) < 4.78 is 0. The first-order chi connectivity index (χ1) is 12.1. The predicted molar refractivity (Wildman–Crippen MR) is 95.7 cm³/mol. The number of aromatic nitrogens is 3. The largest absolute Gasteiger partial charge is 0.512 e. The smallest absolute Gasteiger partial charge is 0.254 e. The molecule has 0 aliphatic carbocycles. The second-order valence-electron chi connectivity index (χ2n) is 5.34. The zero-order valence-electron chi connectivity index (χ0n) is 13.5. The highest BCUT2D eigenvalue weighted by molar-refractivity contribution is 5.98. The Labute approximate surface area is 144 Å². The number of allylic oxidation sites excluding steroid dienone is 1. The van der Waals surface area contributed by atoms with Crippen LogP contribution in [0.3, 0.4) is 0 Å². The summed E-state index contributed by atoms with van der Waals surface area (Å²) in [7, 11) is 0. The summed E-state index contributed by atoms with van der Waals surface area (Å²) in [5.41, 5.74) is 2.98. The number of hydrogen-bond donors (Lipinski definition) is 2. The molecule has 0 aliphatic heterocycles. The minimum absolute atomic E-state index is 0.0704. The van der Waals surface area contributed by atoms with E-state index in [1.165, 1.54) is 6.92 Å². The molecule has 2 aromatic carbocycles. The van der Waals surface area contributed by atoms with Gasteiger partial charge in [-0.15, -0.1) is 10.2 Å². The number of carbonyl (C=O) groups is 1. The van der Waals surface area contributed by atoms with Crippen LogP contribution in [-0.2, 0) is 4.79 Å². The second-order valence-corrected chi connectivity index (χ2v) is 5.34. The van der Waals surface area contributed by atoms with Crippen molar-refractivity contribution in [2.24, 2.45) is 0 Å². The highest BCUT2D eigenvalue weighted by Crippen LogP contribution is 2.28. The van der Waals surface area contributed by atoms with Crippen molar-refractivity contribution in [1.82, 2.24) is 15.2 Å². The normalized spacial score (nSPS) is 11.2. The van der Waals surface area contributed by atoms with Crippen molar-refractivity contribution >= 4 is 11.9 Å². The van der Waals surface area contributed by atoms with Gasteiger partial charge in [0.05, 0.1) is 5.76 Å². The van der Waals surface area contributed by atoms with E-state index >= 15 is 0 Å². The quantitative estimate of drug-likeness (QED) is 0.563. The van der Waals surface area contributed by atoms with E-state index in [-0.39, 0.29) is 11.7 Å². The molecule has 0 unspecified atom stereocenters. The molecular formula is C19H16N4O2. The maximum absolute atomic E-state index is 11.8. The molecule has 6 nitrogen and oxygen atoms in total. The van der Waals surface area contributed by atoms with Crippen LogP contribution in [-0.4, -0.2) is 26.2 Å². The first kappa shape index (κ1) is 16.3. The minimum atomic E-state index is -0.520. The Morgan fingerprint density at radius 3 is 2.04 bits per heavy atom. The standard InChI is InChI=1S/C19H16N4O2/c1-13(24)12-16(25)20-19-21-17(14-8-4-2-5-9-14)18(22-23-19)15-10-6-3-7-11-15/h2-12,24H,1H3,(H,20,21,23,25). The third-order valence-corrected chi connectivity index (χ3v) is 3.36. The van der Waals surface area contributed by atoms with E-state index in [4.69, 9.17) is 0 Å². The van der Waals surface area contributed by atoms with Gasteiger partial charge >= 0.3 is 0 Å². The van der Waals surface area contributed by atoms with Gasteiger partial charge in [-0.2, -0.15) is 0 Å². The van der Waals surface area contributed by atoms with Crippen LogP contribution in [0.15, 0.2) is 72.5 Å². The topological polar surface area (TPSA) is 88.0 Å². The van der Waals surface area contributed by atoms with Gasteiger partial charge in [-0.25, -0.2) is 4.98 Å². The molecule has 0 atom stereocenters. The molecule has 1 aromatic heterocycles. The summed E-state index contributed by atoms with van der Waals surface area (Å²) in [4.78, 5) is 16.2. The van der Waals surface area contributed by atoms with Gasteiger partial charge in [-0.05, 0) is 6.92 Å². The fourth-order valence-corrected chi connectivity index (χ4v) is 2.30. The number of anilines is 1. The molecule has 0 spiro atoms. The number of amides is 1. The van der Waals surface area contributed by atoms with E-state index in [9.17, 15) is 9.90 Å². The maximum atomic E-state index is 11.8. The van der Waals surface area contributed by atoms with E-state index in [1.807, 2.05) is 60.7 Å². The zero-order chi connectivity index (χ0) is 17.6. The summed E-state index contributed by atoms with van der Waals surface area (Å²) in [6, 6.07) is 19.2. The van der Waals surface area contributed by atoms with Crippen LogP contribution in [0.1, 0.15) is 6.92 Å². The first-order valence-corrected chi connectivity index (χ1v) is 7.67. The van der Waals surface area contributed by atoms with Crippen LogP contribution in [0.5, 0.6) is 0 Å². The Bertz CT molecular complexity index is 905. The summed E-state index contributed by atoms with van der Waals surface area (Å²) >= 11 is 0. The minimum Gasteiger partial charge on any atom is -0.512 e. The second kappa shape index (κ2) is 7.35. The lowest BCUT2D eigenvalue weighted by Crippen LogP contribution is -2.13. The summed E-state index contributed by atoms with van der Waals surface area (Å²) in [6.07, 6.45) is 1.05. The molecule has 2 N–H and O–H groups in total. The molecular weight excluding hydrogens is 316 g/mol. The van der Waals surface area contributed by atoms with Gasteiger partial charge in [0.15, 0.2) is 0 Å². The van der Waals surface area contributed by atoms with Crippen LogP contribution in [0.4, 0.5) is 5.95 Å².